The van der Waals surface area contributed by atoms with E-state index in [0.717, 1.165) is 49.3 Å². The van der Waals surface area contributed by atoms with Crippen LogP contribution in [0.15, 0.2) is 42.5 Å². The Hall–Kier alpha value is -1.75. The fourth-order valence-corrected chi connectivity index (χ4v) is 4.42. The largest absolute Gasteiger partial charge is 0.379 e. The lowest BCUT2D eigenvalue weighted by molar-refractivity contribution is -0.122. The van der Waals surface area contributed by atoms with E-state index in [1.165, 1.54) is 0 Å². The Balaban J connectivity index is 1.48. The minimum Gasteiger partial charge on any atom is -0.379 e. The number of para-hydroxylation sites is 1. The third-order valence-electron chi connectivity index (χ3n) is 5.63. The second kappa shape index (κ2) is 7.70. The monoisotopic (exact) mass is 403 g/mol. The molecule has 2 aromatic carbocycles. The predicted molar refractivity (Wildman–Crippen MR) is 110 cm³/mol. The fourth-order valence-electron chi connectivity index (χ4n) is 4.04. The van der Waals surface area contributed by atoms with E-state index in [0.29, 0.717) is 23.0 Å². The maximum Gasteiger partial charge on any atom is 0.222 e. The van der Waals surface area contributed by atoms with Gasteiger partial charge >= 0.3 is 0 Å². The normalized spacial score (nSPS) is 19.6. The Morgan fingerprint density at radius 2 is 1.81 bits per heavy atom. The molecule has 2 aromatic rings. The highest BCUT2D eigenvalue weighted by molar-refractivity contribution is 6.42. The minimum absolute atomic E-state index is 0.114. The molecule has 0 bridgehead atoms. The molecule has 0 unspecified atom stereocenters. The van der Waals surface area contributed by atoms with E-state index < -0.39 is 0 Å². The van der Waals surface area contributed by atoms with Gasteiger partial charge in [-0.05, 0) is 36.1 Å². The molecular formula is C21H23Cl2N3O. The van der Waals surface area contributed by atoms with Gasteiger partial charge in [0, 0.05) is 43.8 Å². The van der Waals surface area contributed by atoms with Crippen LogP contribution in [0.5, 0.6) is 0 Å². The second-order valence-electron chi connectivity index (χ2n) is 7.51. The molecule has 1 fully saturated rings. The molecule has 0 atom stereocenters. The first-order valence-electron chi connectivity index (χ1n) is 9.33. The van der Waals surface area contributed by atoms with Gasteiger partial charge in [-0.3, -0.25) is 9.69 Å². The number of carbonyl (C=O) groups is 1. The average Bonchev–Trinajstić information content (AvgIpc) is 2.65. The molecular weight excluding hydrogens is 381 g/mol. The first kappa shape index (κ1) is 18.6. The molecule has 1 saturated heterocycles. The molecule has 4 rings (SSSR count). The van der Waals surface area contributed by atoms with Crippen LogP contribution in [0.4, 0.5) is 5.69 Å². The van der Waals surface area contributed by atoms with Gasteiger partial charge in [0.2, 0.25) is 5.91 Å². The number of benzene rings is 2. The van der Waals surface area contributed by atoms with E-state index in [1.807, 2.05) is 30.3 Å². The Morgan fingerprint density at radius 3 is 2.63 bits per heavy atom. The summed E-state index contributed by atoms with van der Waals surface area (Å²) in [5.74, 6) is 0.114. The summed E-state index contributed by atoms with van der Waals surface area (Å²) in [5.41, 5.74) is 3.12. The van der Waals surface area contributed by atoms with Crippen molar-refractivity contribution in [2.75, 3.05) is 18.4 Å². The number of carbonyl (C=O) groups excluding carboxylic acids is 1. The summed E-state index contributed by atoms with van der Waals surface area (Å²) in [6.45, 7) is 3.17. The van der Waals surface area contributed by atoms with Gasteiger partial charge in [0.05, 0.1) is 10.0 Å². The molecule has 2 aliphatic rings. The molecule has 2 aliphatic heterocycles. The summed E-state index contributed by atoms with van der Waals surface area (Å²) >= 11 is 12.5. The van der Waals surface area contributed by atoms with Crippen molar-refractivity contribution < 1.29 is 4.79 Å². The van der Waals surface area contributed by atoms with Gasteiger partial charge in [-0.1, -0.05) is 53.5 Å². The van der Waals surface area contributed by atoms with Crippen molar-refractivity contribution in [3.8, 4) is 0 Å². The predicted octanol–water partition coefficient (Wildman–Crippen LogP) is 4.46. The van der Waals surface area contributed by atoms with E-state index in [1.54, 1.807) is 0 Å². The maximum absolute atomic E-state index is 12.4. The van der Waals surface area contributed by atoms with Crippen molar-refractivity contribution in [1.82, 2.24) is 10.2 Å². The van der Waals surface area contributed by atoms with Crippen LogP contribution in [0.2, 0.25) is 10.0 Å². The molecule has 142 valence electrons. The molecule has 4 nitrogen and oxygen atoms in total. The number of nitrogens with one attached hydrogen (secondary N) is 2. The standard InChI is InChI=1S/C21H23Cl2N3O/c22-17-6-3-5-16(20(17)23)14-26-10-8-21(9-11-26)12-19(27)24-13-15-4-1-2-7-18(15)25-21/h1-7,25H,8-14H2,(H,24,27). The Bertz CT molecular complexity index is 847. The van der Waals surface area contributed by atoms with E-state index >= 15 is 0 Å². The van der Waals surface area contributed by atoms with Crippen LogP contribution >= 0.6 is 23.2 Å². The zero-order valence-electron chi connectivity index (χ0n) is 15.1. The number of likely N-dealkylation sites (tertiary alicyclic amines) is 1. The Kier molecular flexibility index (Phi) is 5.31. The topological polar surface area (TPSA) is 44.4 Å². The number of piperidine rings is 1. The molecule has 1 amide bonds. The Morgan fingerprint density at radius 1 is 1.04 bits per heavy atom. The molecule has 0 aliphatic carbocycles. The summed E-state index contributed by atoms with van der Waals surface area (Å²) in [7, 11) is 0. The van der Waals surface area contributed by atoms with Crippen LogP contribution in [0.25, 0.3) is 0 Å². The van der Waals surface area contributed by atoms with E-state index in [9.17, 15) is 4.79 Å². The van der Waals surface area contributed by atoms with Gasteiger partial charge in [0.1, 0.15) is 0 Å². The fraction of sp³-hybridized carbons (Fsp3) is 0.381. The van der Waals surface area contributed by atoms with Crippen molar-refractivity contribution in [1.29, 1.82) is 0 Å². The zero-order chi connectivity index (χ0) is 18.9. The van der Waals surface area contributed by atoms with Gasteiger partial charge in [0.25, 0.3) is 0 Å². The number of amides is 1. The van der Waals surface area contributed by atoms with Crippen molar-refractivity contribution in [2.24, 2.45) is 0 Å². The van der Waals surface area contributed by atoms with Crippen molar-refractivity contribution in [2.45, 2.75) is 37.9 Å². The number of halogens is 2. The number of nitrogens with zero attached hydrogens (tertiary/aromatic N) is 1. The second-order valence-corrected chi connectivity index (χ2v) is 8.29. The third kappa shape index (κ3) is 4.08. The highest BCUT2D eigenvalue weighted by Gasteiger charge is 2.38. The Labute approximate surface area is 169 Å². The van der Waals surface area contributed by atoms with Crippen LogP contribution in [0, 0.1) is 0 Å². The lowest BCUT2D eigenvalue weighted by Crippen LogP contribution is -2.52. The van der Waals surface area contributed by atoms with Crippen LogP contribution in [-0.2, 0) is 17.9 Å². The summed E-state index contributed by atoms with van der Waals surface area (Å²) in [4.78, 5) is 14.8. The van der Waals surface area contributed by atoms with Gasteiger partial charge < -0.3 is 10.6 Å². The summed E-state index contributed by atoms with van der Waals surface area (Å²) in [5, 5.41) is 8.00. The minimum atomic E-state index is -0.199. The maximum atomic E-state index is 12.4. The van der Waals surface area contributed by atoms with Gasteiger partial charge in [-0.15, -0.1) is 0 Å². The van der Waals surface area contributed by atoms with E-state index in [4.69, 9.17) is 23.2 Å². The third-order valence-corrected chi connectivity index (χ3v) is 6.49. The molecule has 2 heterocycles. The first-order valence-corrected chi connectivity index (χ1v) is 10.1. The van der Waals surface area contributed by atoms with E-state index in [2.05, 4.69) is 27.7 Å². The molecule has 2 N–H and O–H groups in total. The number of rotatable bonds is 2. The SMILES string of the molecule is O=C1CC2(CCN(Cc3cccc(Cl)c3Cl)CC2)Nc2ccccc2CN1. The number of fused-ring (bicyclic) bond motifs is 1. The lowest BCUT2D eigenvalue weighted by atomic mass is 9.82. The zero-order valence-corrected chi connectivity index (χ0v) is 16.6. The number of hydrogen-bond acceptors (Lipinski definition) is 3. The van der Waals surface area contributed by atoms with Crippen LogP contribution in [0.1, 0.15) is 30.4 Å². The van der Waals surface area contributed by atoms with E-state index in [-0.39, 0.29) is 11.4 Å². The van der Waals surface area contributed by atoms with Gasteiger partial charge in [0.15, 0.2) is 0 Å². The lowest BCUT2D eigenvalue weighted by Gasteiger charge is -2.44. The molecule has 0 aromatic heterocycles. The highest BCUT2D eigenvalue weighted by Crippen LogP contribution is 2.34. The number of anilines is 1. The summed E-state index contributed by atoms with van der Waals surface area (Å²) in [6.07, 6.45) is 2.33. The first-order chi connectivity index (χ1) is 13.0. The molecule has 0 radical (unpaired) electrons. The van der Waals surface area contributed by atoms with Crippen molar-refractivity contribution in [3.05, 3.63) is 63.6 Å². The quantitative estimate of drug-likeness (QED) is 0.777. The molecule has 0 saturated carbocycles. The molecule has 6 heteroatoms. The summed E-state index contributed by atoms with van der Waals surface area (Å²) < 4.78 is 0. The smallest absolute Gasteiger partial charge is 0.222 e. The van der Waals surface area contributed by atoms with Gasteiger partial charge in [-0.2, -0.15) is 0 Å². The molecule has 27 heavy (non-hydrogen) atoms. The van der Waals surface area contributed by atoms with Crippen molar-refractivity contribution in [3.63, 3.8) is 0 Å². The van der Waals surface area contributed by atoms with Gasteiger partial charge in [-0.25, -0.2) is 0 Å². The van der Waals surface area contributed by atoms with Crippen LogP contribution in [0.3, 0.4) is 0 Å². The molecule has 1 spiro atoms. The highest BCUT2D eigenvalue weighted by atomic mass is 35.5. The van der Waals surface area contributed by atoms with Crippen LogP contribution in [-0.4, -0.2) is 29.4 Å². The van der Waals surface area contributed by atoms with Crippen LogP contribution < -0.4 is 10.6 Å². The van der Waals surface area contributed by atoms with Crippen molar-refractivity contribution >= 4 is 34.8 Å². The summed E-state index contributed by atoms with van der Waals surface area (Å²) in [6, 6.07) is 14.0. The number of hydrogen-bond donors (Lipinski definition) is 2. The average molecular weight is 404 g/mol.